The Hall–Kier alpha value is -4.27. The minimum atomic E-state index is -0.494. The molecule has 8 heteroatoms. The maximum Gasteiger partial charge on any atom is 0.319 e. The van der Waals surface area contributed by atoms with Gasteiger partial charge in [-0.2, -0.15) is 9.97 Å². The number of piperazine rings is 1. The Labute approximate surface area is 237 Å². The first kappa shape index (κ1) is 25.7. The Morgan fingerprint density at radius 3 is 2.44 bits per heavy atom. The van der Waals surface area contributed by atoms with Crippen molar-refractivity contribution in [1.29, 1.82) is 0 Å². The molecule has 2 aliphatic rings. The highest BCUT2D eigenvalue weighted by molar-refractivity contribution is 6.01. The van der Waals surface area contributed by atoms with Gasteiger partial charge in [-0.25, -0.2) is 4.39 Å². The van der Waals surface area contributed by atoms with Crippen LogP contribution < -0.4 is 15.0 Å². The molecular weight excluding hydrogens is 519 g/mol. The number of phenolic OH excluding ortho intramolecular Hbond substituents is 1. The summed E-state index contributed by atoms with van der Waals surface area (Å²) < 4.78 is 22.6. The summed E-state index contributed by atoms with van der Waals surface area (Å²) in [5.74, 6) is -0.0526. The summed E-state index contributed by atoms with van der Waals surface area (Å²) in [6.07, 6.45) is 2.21. The minimum Gasteiger partial charge on any atom is -0.508 e. The normalized spacial score (nSPS) is 19.1. The molecule has 2 bridgehead atoms. The van der Waals surface area contributed by atoms with E-state index in [1.54, 1.807) is 18.2 Å². The molecule has 5 aromatic rings. The van der Waals surface area contributed by atoms with Crippen molar-refractivity contribution in [2.24, 2.45) is 0 Å². The van der Waals surface area contributed by atoms with E-state index < -0.39 is 5.82 Å². The van der Waals surface area contributed by atoms with Crippen LogP contribution in [0.1, 0.15) is 24.3 Å². The maximum absolute atomic E-state index is 16.5. The van der Waals surface area contributed by atoms with Crippen LogP contribution in [-0.2, 0) is 0 Å². The van der Waals surface area contributed by atoms with Gasteiger partial charge in [0, 0.05) is 42.0 Å². The summed E-state index contributed by atoms with van der Waals surface area (Å²) in [6, 6.07) is 24.9. The highest BCUT2D eigenvalue weighted by Gasteiger charge is 2.34. The van der Waals surface area contributed by atoms with E-state index in [0.717, 1.165) is 42.3 Å². The van der Waals surface area contributed by atoms with E-state index in [4.69, 9.17) is 9.72 Å². The molecule has 2 fully saturated rings. The molecule has 4 aromatic carbocycles. The molecule has 0 spiro atoms. The average molecular weight is 551 g/mol. The Morgan fingerprint density at radius 1 is 0.902 bits per heavy atom. The summed E-state index contributed by atoms with van der Waals surface area (Å²) in [4.78, 5) is 11.6. The molecule has 7 rings (SSSR count). The van der Waals surface area contributed by atoms with Gasteiger partial charge in [-0.05, 0) is 52.9 Å². The fourth-order valence-electron chi connectivity index (χ4n) is 6.28. The van der Waals surface area contributed by atoms with Crippen molar-refractivity contribution in [1.82, 2.24) is 15.3 Å². The maximum atomic E-state index is 16.5. The monoisotopic (exact) mass is 550 g/mol. The first-order valence-corrected chi connectivity index (χ1v) is 14.1. The molecule has 3 atom stereocenters. The van der Waals surface area contributed by atoms with Crippen LogP contribution in [0.4, 0.5) is 10.2 Å². The molecule has 0 saturated carbocycles. The van der Waals surface area contributed by atoms with Gasteiger partial charge in [0.2, 0.25) is 0 Å². The second kappa shape index (κ2) is 10.6. The second-order valence-corrected chi connectivity index (χ2v) is 11.0. The molecule has 0 radical (unpaired) electrons. The molecule has 2 saturated heterocycles. The number of hydrogen-bond acceptors (Lipinski definition) is 7. The van der Waals surface area contributed by atoms with Crippen molar-refractivity contribution < 1.29 is 19.3 Å². The number of hydrogen-bond donors (Lipinski definition) is 3. The van der Waals surface area contributed by atoms with Gasteiger partial charge < -0.3 is 25.2 Å². The van der Waals surface area contributed by atoms with Crippen molar-refractivity contribution >= 4 is 27.5 Å². The number of halogens is 1. The molecule has 7 nitrogen and oxygen atoms in total. The number of phenols is 1. The molecule has 3 heterocycles. The van der Waals surface area contributed by atoms with E-state index in [2.05, 4.69) is 15.2 Å². The molecule has 0 amide bonds. The van der Waals surface area contributed by atoms with Gasteiger partial charge in [0.05, 0.1) is 6.61 Å². The number of nitrogens with zero attached hydrogens (tertiary/aromatic N) is 3. The summed E-state index contributed by atoms with van der Waals surface area (Å²) in [7, 11) is 0. The number of aliphatic hydroxyl groups excluding tert-OH is 1. The Bertz CT molecular complexity index is 1720. The number of aliphatic hydroxyl groups is 1. The van der Waals surface area contributed by atoms with Crippen molar-refractivity contribution in [3.05, 3.63) is 90.2 Å². The predicted octanol–water partition coefficient (Wildman–Crippen LogP) is 5.39. The van der Waals surface area contributed by atoms with Crippen molar-refractivity contribution in [3.63, 3.8) is 0 Å². The number of nitrogens with one attached hydrogen (secondary N) is 1. The highest BCUT2D eigenvalue weighted by atomic mass is 19.1. The number of rotatable bonds is 7. The van der Waals surface area contributed by atoms with E-state index in [-0.39, 0.29) is 36.4 Å². The zero-order valence-electron chi connectivity index (χ0n) is 22.5. The van der Waals surface area contributed by atoms with Crippen LogP contribution in [0.5, 0.6) is 11.8 Å². The first-order chi connectivity index (χ1) is 20.1. The van der Waals surface area contributed by atoms with Gasteiger partial charge in [-0.15, -0.1) is 0 Å². The number of aromatic hydroxyl groups is 1. The average Bonchev–Trinajstić information content (AvgIpc) is 3.34. The van der Waals surface area contributed by atoms with E-state index in [9.17, 15) is 10.2 Å². The lowest BCUT2D eigenvalue weighted by molar-refractivity contribution is 0.197. The van der Waals surface area contributed by atoms with Crippen LogP contribution in [0.3, 0.4) is 0 Å². The van der Waals surface area contributed by atoms with Gasteiger partial charge in [-0.3, -0.25) is 0 Å². The van der Waals surface area contributed by atoms with Crippen molar-refractivity contribution in [2.75, 3.05) is 31.2 Å². The van der Waals surface area contributed by atoms with Crippen molar-refractivity contribution in [2.45, 2.75) is 30.8 Å². The van der Waals surface area contributed by atoms with E-state index >= 15 is 4.39 Å². The van der Waals surface area contributed by atoms with Gasteiger partial charge >= 0.3 is 6.01 Å². The van der Waals surface area contributed by atoms with Gasteiger partial charge in [-0.1, -0.05) is 60.7 Å². The Balaban J connectivity index is 1.34. The third-order valence-electron chi connectivity index (χ3n) is 8.32. The first-order valence-electron chi connectivity index (χ1n) is 14.1. The van der Waals surface area contributed by atoms with Gasteiger partial charge in [0.1, 0.15) is 23.7 Å². The highest BCUT2D eigenvalue weighted by Crippen LogP contribution is 2.39. The zero-order chi connectivity index (χ0) is 27.9. The number of aromatic nitrogens is 2. The Morgan fingerprint density at radius 2 is 1.66 bits per heavy atom. The quantitative estimate of drug-likeness (QED) is 0.250. The van der Waals surface area contributed by atoms with Crippen LogP contribution in [-0.4, -0.2) is 58.6 Å². The SMILES string of the molecule is OCC(COc1nc(N2C[C@H]3CC[C@@H](C2)N3)c2ccc(-c3cc(O)cc4ccccc34)c(F)c2n1)c1ccccc1. The van der Waals surface area contributed by atoms with E-state index in [1.165, 1.54) is 0 Å². The molecule has 2 aliphatic heterocycles. The zero-order valence-corrected chi connectivity index (χ0v) is 22.5. The Kier molecular flexibility index (Phi) is 6.65. The molecular formula is C33H31FN4O3. The third-order valence-corrected chi connectivity index (χ3v) is 8.32. The predicted molar refractivity (Wildman–Crippen MR) is 158 cm³/mol. The van der Waals surface area contributed by atoms with Crippen LogP contribution in [0.2, 0.25) is 0 Å². The molecule has 41 heavy (non-hydrogen) atoms. The number of ether oxygens (including phenoxy) is 1. The lowest BCUT2D eigenvalue weighted by Gasteiger charge is -2.34. The number of anilines is 1. The van der Waals surface area contributed by atoms with Crippen LogP contribution >= 0.6 is 0 Å². The molecule has 3 N–H and O–H groups in total. The molecule has 0 aliphatic carbocycles. The smallest absolute Gasteiger partial charge is 0.319 e. The summed E-state index contributed by atoms with van der Waals surface area (Å²) in [5, 5.41) is 26.4. The number of benzene rings is 4. The lowest BCUT2D eigenvalue weighted by atomic mass is 9.96. The van der Waals surface area contributed by atoms with Crippen LogP contribution in [0.15, 0.2) is 78.9 Å². The van der Waals surface area contributed by atoms with Crippen LogP contribution in [0, 0.1) is 5.82 Å². The second-order valence-electron chi connectivity index (χ2n) is 11.0. The molecule has 208 valence electrons. The fourth-order valence-corrected chi connectivity index (χ4v) is 6.28. The lowest BCUT2D eigenvalue weighted by Crippen LogP contribution is -2.51. The standard InChI is InChI=1S/C33H31FN4O3/c34-30-27(29-15-25(40)14-21-8-4-5-9-26(21)29)12-13-28-31(30)36-33(41-19-22(18-39)20-6-2-1-3-7-20)37-32(28)38-16-23-10-11-24(17-38)35-23/h1-9,12-15,22-24,35,39-40H,10-11,16-19H2/t22?,23-,24+. The minimum absolute atomic E-state index is 0.0674. The van der Waals surface area contributed by atoms with E-state index in [1.807, 2.05) is 60.7 Å². The van der Waals surface area contributed by atoms with Gasteiger partial charge in [0.15, 0.2) is 5.82 Å². The van der Waals surface area contributed by atoms with Crippen LogP contribution in [0.25, 0.3) is 32.8 Å². The number of fused-ring (bicyclic) bond motifs is 4. The molecule has 1 unspecified atom stereocenters. The summed E-state index contributed by atoms with van der Waals surface area (Å²) in [6.45, 7) is 1.59. The fraction of sp³-hybridized carbons (Fsp3) is 0.273. The van der Waals surface area contributed by atoms with Crippen molar-refractivity contribution in [3.8, 4) is 22.9 Å². The van der Waals surface area contributed by atoms with Gasteiger partial charge in [0.25, 0.3) is 0 Å². The summed E-state index contributed by atoms with van der Waals surface area (Å²) >= 11 is 0. The van der Waals surface area contributed by atoms with E-state index in [0.29, 0.717) is 34.4 Å². The summed E-state index contributed by atoms with van der Waals surface area (Å²) in [5.41, 5.74) is 2.05. The largest absolute Gasteiger partial charge is 0.508 e. The third kappa shape index (κ3) is 4.83. The molecule has 1 aromatic heterocycles. The topological polar surface area (TPSA) is 90.7 Å².